The summed E-state index contributed by atoms with van der Waals surface area (Å²) < 4.78 is 37.7. The van der Waals surface area contributed by atoms with E-state index in [1.54, 1.807) is 45.0 Å². The molecule has 9 nitrogen and oxygen atoms in total. The van der Waals surface area contributed by atoms with Gasteiger partial charge >= 0.3 is 11.9 Å². The molecule has 1 saturated heterocycles. The normalized spacial score (nSPS) is 15.4. The molecular formula is C23H31N3O6S. The number of nitrogens with one attached hydrogen (secondary N) is 1. The molecule has 1 N–H and O–H groups in total. The van der Waals surface area contributed by atoms with Gasteiger partial charge in [-0.1, -0.05) is 17.7 Å². The number of H-pyrrole nitrogens is 1. The average Bonchev–Trinajstić information content (AvgIpc) is 3.10. The molecule has 2 aromatic rings. The van der Waals surface area contributed by atoms with E-state index >= 15 is 0 Å². The van der Waals surface area contributed by atoms with Crippen LogP contribution >= 0.6 is 0 Å². The zero-order valence-electron chi connectivity index (χ0n) is 19.5. The molecule has 1 fully saturated rings. The van der Waals surface area contributed by atoms with Crippen LogP contribution in [0.25, 0.3) is 0 Å². The van der Waals surface area contributed by atoms with Crippen molar-refractivity contribution in [2.45, 2.75) is 39.1 Å². The standard InChI is InChI=1S/C23H31N3O6S/c1-5-31-22(27)20-17(4)21(23(28)32-6-2)24-19(20)15-25-11-13-26(14-12-25)33(29,30)18-9-7-16(3)8-10-18/h7-10,24H,5-6,11-15H2,1-4H3. The lowest BCUT2D eigenvalue weighted by Crippen LogP contribution is -2.48. The molecule has 0 saturated carbocycles. The third kappa shape index (κ3) is 5.45. The summed E-state index contributed by atoms with van der Waals surface area (Å²) in [5, 5.41) is 0. The molecule has 0 radical (unpaired) electrons. The molecule has 1 aliphatic heterocycles. The van der Waals surface area contributed by atoms with Gasteiger partial charge in [0.25, 0.3) is 0 Å². The molecule has 0 spiro atoms. The Bertz CT molecular complexity index is 1100. The second-order valence-corrected chi connectivity index (χ2v) is 9.85. The Morgan fingerprint density at radius 1 is 0.939 bits per heavy atom. The van der Waals surface area contributed by atoms with Gasteiger partial charge in [-0.3, -0.25) is 4.90 Å². The Morgan fingerprint density at radius 2 is 1.52 bits per heavy atom. The molecule has 2 heterocycles. The highest BCUT2D eigenvalue weighted by Gasteiger charge is 2.31. The lowest BCUT2D eigenvalue weighted by Gasteiger charge is -2.33. The number of aromatic nitrogens is 1. The van der Waals surface area contributed by atoms with Crippen molar-refractivity contribution in [3.05, 3.63) is 52.3 Å². The van der Waals surface area contributed by atoms with Crippen LogP contribution in [0.2, 0.25) is 0 Å². The fourth-order valence-electron chi connectivity index (χ4n) is 3.87. The van der Waals surface area contributed by atoms with E-state index in [1.165, 1.54) is 4.31 Å². The average molecular weight is 478 g/mol. The van der Waals surface area contributed by atoms with Crippen molar-refractivity contribution in [2.24, 2.45) is 0 Å². The molecule has 33 heavy (non-hydrogen) atoms. The number of nitrogens with zero attached hydrogens (tertiary/aromatic N) is 2. The summed E-state index contributed by atoms with van der Waals surface area (Å²) in [6.45, 7) is 9.46. The summed E-state index contributed by atoms with van der Waals surface area (Å²) in [6.07, 6.45) is 0. The quantitative estimate of drug-likeness (QED) is 0.582. The van der Waals surface area contributed by atoms with Gasteiger partial charge in [-0.2, -0.15) is 4.31 Å². The van der Waals surface area contributed by atoms with Crippen LogP contribution in [0.15, 0.2) is 29.2 Å². The molecule has 0 unspecified atom stereocenters. The molecule has 0 amide bonds. The number of ether oxygens (including phenoxy) is 2. The van der Waals surface area contributed by atoms with Gasteiger partial charge in [-0.15, -0.1) is 0 Å². The Hall–Kier alpha value is -2.69. The smallest absolute Gasteiger partial charge is 0.355 e. The largest absolute Gasteiger partial charge is 0.462 e. The zero-order valence-corrected chi connectivity index (χ0v) is 20.3. The molecule has 180 valence electrons. The fourth-order valence-corrected chi connectivity index (χ4v) is 5.30. The highest BCUT2D eigenvalue weighted by atomic mass is 32.2. The number of sulfonamides is 1. The molecular weight excluding hydrogens is 446 g/mol. The van der Waals surface area contributed by atoms with E-state index in [9.17, 15) is 18.0 Å². The number of hydrogen-bond donors (Lipinski definition) is 1. The number of esters is 2. The van der Waals surface area contributed by atoms with Crippen LogP contribution in [0.4, 0.5) is 0 Å². The lowest BCUT2D eigenvalue weighted by atomic mass is 10.1. The third-order valence-electron chi connectivity index (χ3n) is 5.66. The summed E-state index contributed by atoms with van der Waals surface area (Å²) in [5.74, 6) is -1.03. The van der Waals surface area contributed by atoms with E-state index in [0.29, 0.717) is 49.5 Å². The monoisotopic (exact) mass is 477 g/mol. The number of piperazine rings is 1. The Balaban J connectivity index is 1.75. The van der Waals surface area contributed by atoms with Crippen LogP contribution < -0.4 is 0 Å². The molecule has 10 heteroatoms. The predicted molar refractivity (Wildman–Crippen MR) is 123 cm³/mol. The maximum atomic E-state index is 13.0. The number of benzene rings is 1. The van der Waals surface area contributed by atoms with Crippen LogP contribution in [-0.2, 0) is 26.0 Å². The second kappa shape index (κ2) is 10.5. The predicted octanol–water partition coefficient (Wildman–Crippen LogP) is 2.49. The first-order valence-electron chi connectivity index (χ1n) is 11.0. The van der Waals surface area contributed by atoms with E-state index in [4.69, 9.17) is 9.47 Å². The number of aryl methyl sites for hydroxylation is 1. The minimum Gasteiger partial charge on any atom is -0.462 e. The zero-order chi connectivity index (χ0) is 24.2. The Kier molecular flexibility index (Phi) is 7.93. The van der Waals surface area contributed by atoms with Gasteiger partial charge in [0.1, 0.15) is 5.69 Å². The minimum absolute atomic E-state index is 0.215. The van der Waals surface area contributed by atoms with E-state index in [2.05, 4.69) is 4.98 Å². The van der Waals surface area contributed by atoms with Gasteiger partial charge in [-0.05, 0) is 45.4 Å². The van der Waals surface area contributed by atoms with Crippen LogP contribution in [0.1, 0.15) is 51.5 Å². The van der Waals surface area contributed by atoms with Gasteiger partial charge in [-0.25, -0.2) is 18.0 Å². The topological polar surface area (TPSA) is 109 Å². The molecule has 1 aliphatic rings. The summed E-state index contributed by atoms with van der Waals surface area (Å²) in [4.78, 5) is 30.3. The van der Waals surface area contributed by atoms with Crippen molar-refractivity contribution in [1.82, 2.24) is 14.2 Å². The van der Waals surface area contributed by atoms with Gasteiger partial charge in [0.05, 0.1) is 23.7 Å². The first kappa shape index (κ1) is 24.9. The summed E-state index contributed by atoms with van der Waals surface area (Å²) >= 11 is 0. The molecule has 0 aliphatic carbocycles. The fraction of sp³-hybridized carbons (Fsp3) is 0.478. The molecule has 1 aromatic carbocycles. The van der Waals surface area contributed by atoms with Crippen molar-refractivity contribution >= 4 is 22.0 Å². The van der Waals surface area contributed by atoms with Crippen LogP contribution in [0.5, 0.6) is 0 Å². The summed E-state index contributed by atoms with van der Waals surface area (Å²) in [7, 11) is -3.56. The second-order valence-electron chi connectivity index (χ2n) is 7.91. The number of aromatic amines is 1. The SMILES string of the molecule is CCOC(=O)c1[nH]c(CN2CCN(S(=O)(=O)c3ccc(C)cc3)CC2)c(C(=O)OCC)c1C. The van der Waals surface area contributed by atoms with E-state index in [-0.39, 0.29) is 23.8 Å². The lowest BCUT2D eigenvalue weighted by molar-refractivity contribution is 0.0516. The van der Waals surface area contributed by atoms with Crippen molar-refractivity contribution in [3.8, 4) is 0 Å². The maximum Gasteiger partial charge on any atom is 0.355 e. The van der Waals surface area contributed by atoms with Crippen LogP contribution in [0.3, 0.4) is 0 Å². The van der Waals surface area contributed by atoms with E-state index < -0.39 is 22.0 Å². The molecule has 3 rings (SSSR count). The molecule has 0 bridgehead atoms. The van der Waals surface area contributed by atoms with Crippen molar-refractivity contribution in [2.75, 3.05) is 39.4 Å². The third-order valence-corrected chi connectivity index (χ3v) is 7.57. The Labute approximate surface area is 194 Å². The van der Waals surface area contributed by atoms with Crippen molar-refractivity contribution in [1.29, 1.82) is 0 Å². The number of carbonyl (C=O) groups excluding carboxylic acids is 2. The minimum atomic E-state index is -3.56. The highest BCUT2D eigenvalue weighted by Crippen LogP contribution is 2.24. The van der Waals surface area contributed by atoms with Crippen LogP contribution in [0, 0.1) is 13.8 Å². The molecule has 1 aromatic heterocycles. The number of carbonyl (C=O) groups is 2. The Morgan fingerprint density at radius 3 is 2.09 bits per heavy atom. The summed E-state index contributed by atoms with van der Waals surface area (Å²) in [6, 6.07) is 6.83. The van der Waals surface area contributed by atoms with Gasteiger partial charge < -0.3 is 14.5 Å². The highest BCUT2D eigenvalue weighted by molar-refractivity contribution is 7.89. The van der Waals surface area contributed by atoms with E-state index in [1.807, 2.05) is 11.8 Å². The van der Waals surface area contributed by atoms with E-state index in [0.717, 1.165) is 5.56 Å². The first-order valence-corrected chi connectivity index (χ1v) is 12.5. The van der Waals surface area contributed by atoms with Crippen LogP contribution in [-0.4, -0.2) is 73.9 Å². The first-order chi connectivity index (χ1) is 15.7. The van der Waals surface area contributed by atoms with Gasteiger partial charge in [0, 0.05) is 38.4 Å². The van der Waals surface area contributed by atoms with Gasteiger partial charge in [0.15, 0.2) is 0 Å². The van der Waals surface area contributed by atoms with Crippen molar-refractivity contribution in [3.63, 3.8) is 0 Å². The maximum absolute atomic E-state index is 13.0. The number of hydrogen-bond acceptors (Lipinski definition) is 7. The summed E-state index contributed by atoms with van der Waals surface area (Å²) in [5.41, 5.74) is 2.61. The van der Waals surface area contributed by atoms with Crippen molar-refractivity contribution < 1.29 is 27.5 Å². The molecule has 0 atom stereocenters. The number of rotatable bonds is 8. The van der Waals surface area contributed by atoms with Gasteiger partial charge in [0.2, 0.25) is 10.0 Å².